The van der Waals surface area contributed by atoms with Crippen LogP contribution in [-0.4, -0.2) is 25.3 Å². The first kappa shape index (κ1) is 20.9. The first-order valence-electron chi connectivity index (χ1n) is 9.27. The molecule has 2 rings (SSSR count). The average Bonchev–Trinajstić information content (AvgIpc) is 2.58. The van der Waals surface area contributed by atoms with Crippen molar-refractivity contribution in [1.82, 2.24) is 0 Å². The third-order valence-electron chi connectivity index (χ3n) is 5.29. The van der Waals surface area contributed by atoms with Crippen molar-refractivity contribution in [3.8, 4) is 17.2 Å². The molecule has 1 aromatic carbocycles. The summed E-state index contributed by atoms with van der Waals surface area (Å²) >= 11 is 0. The molecule has 0 N–H and O–H groups in total. The SMILES string of the molecule is COc1c(C)c(OC(C)=O)c2c(c1OC(C)=O)[C@@H](C)CC[C@@H]2[C@@H](C)CC=O. The lowest BCUT2D eigenvalue weighted by Gasteiger charge is -2.36. The average molecular weight is 376 g/mol. The Morgan fingerprint density at radius 2 is 1.67 bits per heavy atom. The van der Waals surface area contributed by atoms with E-state index in [1.54, 1.807) is 6.92 Å². The van der Waals surface area contributed by atoms with Gasteiger partial charge in [-0.2, -0.15) is 0 Å². The summed E-state index contributed by atoms with van der Waals surface area (Å²) in [4.78, 5) is 34.7. The summed E-state index contributed by atoms with van der Waals surface area (Å²) in [5.41, 5.74) is 2.30. The molecule has 1 aromatic rings. The highest BCUT2D eigenvalue weighted by molar-refractivity contribution is 5.77. The number of carbonyl (C=O) groups excluding carboxylic acids is 3. The van der Waals surface area contributed by atoms with Gasteiger partial charge in [0, 0.05) is 37.0 Å². The Kier molecular flexibility index (Phi) is 6.63. The maximum absolute atomic E-state index is 11.8. The van der Waals surface area contributed by atoms with Gasteiger partial charge in [0.15, 0.2) is 11.5 Å². The van der Waals surface area contributed by atoms with E-state index in [1.807, 2.05) is 6.92 Å². The van der Waals surface area contributed by atoms with Crippen LogP contribution in [0.2, 0.25) is 0 Å². The van der Waals surface area contributed by atoms with Crippen molar-refractivity contribution in [2.45, 2.75) is 65.7 Å². The normalized spacial score (nSPS) is 19.6. The number of rotatable bonds is 6. The monoisotopic (exact) mass is 376 g/mol. The summed E-state index contributed by atoms with van der Waals surface area (Å²) in [7, 11) is 1.50. The molecule has 6 heteroatoms. The van der Waals surface area contributed by atoms with Gasteiger partial charge in [-0.1, -0.05) is 13.8 Å². The van der Waals surface area contributed by atoms with Crippen LogP contribution in [0.3, 0.4) is 0 Å². The summed E-state index contributed by atoms with van der Waals surface area (Å²) in [6.07, 6.45) is 3.06. The van der Waals surface area contributed by atoms with E-state index < -0.39 is 11.9 Å². The van der Waals surface area contributed by atoms with Crippen LogP contribution in [0.4, 0.5) is 0 Å². The van der Waals surface area contributed by atoms with Gasteiger partial charge >= 0.3 is 11.9 Å². The van der Waals surface area contributed by atoms with Crippen molar-refractivity contribution in [1.29, 1.82) is 0 Å². The van der Waals surface area contributed by atoms with Crippen LogP contribution in [0.5, 0.6) is 17.2 Å². The summed E-state index contributed by atoms with van der Waals surface area (Å²) in [5.74, 6) is 0.570. The molecule has 0 aromatic heterocycles. The molecule has 0 radical (unpaired) electrons. The minimum atomic E-state index is -0.439. The molecule has 3 atom stereocenters. The van der Waals surface area contributed by atoms with Gasteiger partial charge in [0.1, 0.15) is 12.0 Å². The molecule has 1 aliphatic rings. The molecular weight excluding hydrogens is 348 g/mol. The van der Waals surface area contributed by atoms with Crippen LogP contribution in [0, 0.1) is 12.8 Å². The first-order valence-corrected chi connectivity index (χ1v) is 9.27. The molecular formula is C21H28O6. The highest BCUT2D eigenvalue weighted by Gasteiger charge is 2.38. The van der Waals surface area contributed by atoms with E-state index in [2.05, 4.69) is 6.92 Å². The van der Waals surface area contributed by atoms with Crippen molar-refractivity contribution < 1.29 is 28.6 Å². The molecule has 27 heavy (non-hydrogen) atoms. The Bertz CT molecular complexity index is 752. The van der Waals surface area contributed by atoms with Crippen molar-refractivity contribution in [3.05, 3.63) is 16.7 Å². The molecule has 0 unspecified atom stereocenters. The number of aldehydes is 1. The second kappa shape index (κ2) is 8.55. The summed E-state index contributed by atoms with van der Waals surface area (Å²) < 4.78 is 16.7. The van der Waals surface area contributed by atoms with Gasteiger partial charge in [0.2, 0.25) is 0 Å². The van der Waals surface area contributed by atoms with Gasteiger partial charge in [-0.25, -0.2) is 0 Å². The summed E-state index contributed by atoms with van der Waals surface area (Å²) in [6, 6.07) is 0. The Balaban J connectivity index is 2.85. The molecule has 0 aliphatic heterocycles. The molecule has 0 bridgehead atoms. The maximum atomic E-state index is 11.8. The van der Waals surface area contributed by atoms with Crippen LogP contribution < -0.4 is 14.2 Å². The highest BCUT2D eigenvalue weighted by atomic mass is 16.6. The number of hydrogen-bond acceptors (Lipinski definition) is 6. The second-order valence-corrected chi connectivity index (χ2v) is 7.30. The third kappa shape index (κ3) is 4.15. The maximum Gasteiger partial charge on any atom is 0.308 e. The minimum Gasteiger partial charge on any atom is -0.492 e. The molecule has 1 aliphatic carbocycles. The van der Waals surface area contributed by atoms with Gasteiger partial charge in [0.05, 0.1) is 7.11 Å². The van der Waals surface area contributed by atoms with Gasteiger partial charge < -0.3 is 19.0 Å². The molecule has 0 saturated heterocycles. The molecule has 0 amide bonds. The largest absolute Gasteiger partial charge is 0.492 e. The predicted octanol–water partition coefficient (Wildman–Crippen LogP) is 4.06. The van der Waals surface area contributed by atoms with E-state index in [-0.39, 0.29) is 17.8 Å². The van der Waals surface area contributed by atoms with E-state index in [1.165, 1.54) is 21.0 Å². The Morgan fingerprint density at radius 1 is 1.07 bits per heavy atom. The van der Waals surface area contributed by atoms with E-state index in [0.29, 0.717) is 29.2 Å². The zero-order valence-corrected chi connectivity index (χ0v) is 16.9. The Labute approximate surface area is 160 Å². The minimum absolute atomic E-state index is 0.0228. The number of esters is 2. The molecule has 0 saturated carbocycles. The van der Waals surface area contributed by atoms with Crippen LogP contribution in [0.25, 0.3) is 0 Å². The fourth-order valence-electron chi connectivity index (χ4n) is 4.07. The quantitative estimate of drug-likeness (QED) is 0.423. The standard InChI is InChI=1S/C21H28O6/c1-11(9-10-22)16-8-7-12(2)17-18(16)19(26-14(4)23)13(3)20(25-6)21(17)27-15(5)24/h10-12,16H,7-9H2,1-6H3/t11-,12-,16+/m0/s1. The molecule has 148 valence electrons. The van der Waals surface area contributed by atoms with E-state index in [4.69, 9.17) is 14.2 Å². The Hall–Kier alpha value is -2.37. The third-order valence-corrected chi connectivity index (χ3v) is 5.29. The van der Waals surface area contributed by atoms with Crippen molar-refractivity contribution in [3.63, 3.8) is 0 Å². The van der Waals surface area contributed by atoms with Gasteiger partial charge in [0.25, 0.3) is 0 Å². The molecule has 0 heterocycles. The lowest BCUT2D eigenvalue weighted by Crippen LogP contribution is -2.23. The van der Waals surface area contributed by atoms with Crippen LogP contribution in [-0.2, 0) is 14.4 Å². The topological polar surface area (TPSA) is 78.9 Å². The van der Waals surface area contributed by atoms with Crippen molar-refractivity contribution in [2.75, 3.05) is 7.11 Å². The van der Waals surface area contributed by atoms with Gasteiger partial charge in [-0.3, -0.25) is 9.59 Å². The van der Waals surface area contributed by atoms with E-state index in [9.17, 15) is 14.4 Å². The first-order chi connectivity index (χ1) is 12.7. The molecule has 6 nitrogen and oxygen atoms in total. The summed E-state index contributed by atoms with van der Waals surface area (Å²) in [6.45, 7) is 8.56. The van der Waals surface area contributed by atoms with Crippen molar-refractivity contribution >= 4 is 18.2 Å². The number of fused-ring (bicyclic) bond motifs is 1. The fraction of sp³-hybridized carbons (Fsp3) is 0.571. The van der Waals surface area contributed by atoms with E-state index >= 15 is 0 Å². The second-order valence-electron chi connectivity index (χ2n) is 7.30. The smallest absolute Gasteiger partial charge is 0.308 e. The molecule has 0 fully saturated rings. The zero-order chi connectivity index (χ0) is 20.3. The van der Waals surface area contributed by atoms with Crippen LogP contribution in [0.15, 0.2) is 0 Å². The lowest BCUT2D eigenvalue weighted by atomic mass is 9.70. The van der Waals surface area contributed by atoms with Gasteiger partial charge in [-0.15, -0.1) is 0 Å². The predicted molar refractivity (Wildman–Crippen MR) is 101 cm³/mol. The van der Waals surface area contributed by atoms with Gasteiger partial charge in [-0.05, 0) is 37.5 Å². The number of carbonyl (C=O) groups is 3. The summed E-state index contributed by atoms with van der Waals surface area (Å²) in [5, 5.41) is 0. The van der Waals surface area contributed by atoms with Crippen molar-refractivity contribution in [2.24, 2.45) is 5.92 Å². The number of ether oxygens (including phenoxy) is 3. The zero-order valence-electron chi connectivity index (χ0n) is 16.9. The fourth-order valence-corrected chi connectivity index (χ4v) is 4.07. The number of benzene rings is 1. The van der Waals surface area contributed by atoms with Crippen LogP contribution in [0.1, 0.15) is 75.5 Å². The van der Waals surface area contributed by atoms with E-state index in [0.717, 1.165) is 30.3 Å². The number of methoxy groups -OCH3 is 1. The Morgan fingerprint density at radius 3 is 2.19 bits per heavy atom. The lowest BCUT2D eigenvalue weighted by molar-refractivity contribution is -0.133. The highest BCUT2D eigenvalue weighted by Crippen LogP contribution is 2.55. The van der Waals surface area contributed by atoms with Crippen LogP contribution >= 0.6 is 0 Å². The molecule has 0 spiro atoms. The number of hydrogen-bond donors (Lipinski definition) is 0.